The molecule has 1 aliphatic rings. The van der Waals surface area contributed by atoms with Crippen molar-refractivity contribution in [2.75, 3.05) is 6.61 Å². The van der Waals surface area contributed by atoms with Crippen molar-refractivity contribution in [1.29, 1.82) is 0 Å². The van der Waals surface area contributed by atoms with E-state index in [1.54, 1.807) is 12.3 Å². The van der Waals surface area contributed by atoms with Gasteiger partial charge in [0.1, 0.15) is 6.10 Å². The van der Waals surface area contributed by atoms with Gasteiger partial charge in [-0.05, 0) is 32.1 Å². The molecule has 0 aliphatic heterocycles. The first-order valence-electron chi connectivity index (χ1n) is 6.66. The molecule has 0 aromatic carbocycles. The van der Waals surface area contributed by atoms with Crippen LogP contribution in [0.15, 0.2) is 12.3 Å². The molecule has 0 spiro atoms. The topological polar surface area (TPSA) is 70.3 Å². The van der Waals surface area contributed by atoms with E-state index in [0.717, 1.165) is 32.1 Å². The van der Waals surface area contributed by atoms with Gasteiger partial charge < -0.3 is 15.2 Å². The molecule has 1 aromatic rings. The van der Waals surface area contributed by atoms with Crippen molar-refractivity contribution >= 4 is 0 Å². The predicted molar refractivity (Wildman–Crippen MR) is 68.7 cm³/mol. The van der Waals surface area contributed by atoms with E-state index in [0.29, 0.717) is 18.5 Å². The zero-order chi connectivity index (χ0) is 12.8. The number of hydrogen-bond acceptors (Lipinski definition) is 5. The molecule has 18 heavy (non-hydrogen) atoms. The maximum Gasteiger partial charge on any atom is 0.319 e. The minimum absolute atomic E-state index is 0.134. The Kier molecular flexibility index (Phi) is 4.75. The molecule has 1 saturated carbocycles. The first kappa shape index (κ1) is 13.1. The molecule has 2 atom stereocenters. The SMILES string of the molecule is CCCOc1ccnc(OC2CCCC(N)C2)n1. The first-order valence-corrected chi connectivity index (χ1v) is 6.66. The summed E-state index contributed by atoms with van der Waals surface area (Å²) in [4.78, 5) is 8.35. The zero-order valence-electron chi connectivity index (χ0n) is 10.8. The van der Waals surface area contributed by atoms with Gasteiger partial charge >= 0.3 is 6.01 Å². The van der Waals surface area contributed by atoms with Crippen LogP contribution < -0.4 is 15.2 Å². The quantitative estimate of drug-likeness (QED) is 0.865. The van der Waals surface area contributed by atoms with Crippen LogP contribution in [0.25, 0.3) is 0 Å². The molecule has 1 aliphatic carbocycles. The van der Waals surface area contributed by atoms with Gasteiger partial charge in [-0.25, -0.2) is 4.98 Å². The molecular formula is C13H21N3O2. The zero-order valence-corrected chi connectivity index (χ0v) is 10.8. The summed E-state index contributed by atoms with van der Waals surface area (Å²) < 4.78 is 11.2. The van der Waals surface area contributed by atoms with Crippen molar-refractivity contribution in [2.45, 2.75) is 51.2 Å². The summed E-state index contributed by atoms with van der Waals surface area (Å²) in [5, 5.41) is 0. The molecule has 1 heterocycles. The van der Waals surface area contributed by atoms with E-state index in [9.17, 15) is 0 Å². The highest BCUT2D eigenvalue weighted by Gasteiger charge is 2.21. The molecule has 0 radical (unpaired) electrons. The molecular weight excluding hydrogens is 230 g/mol. The van der Waals surface area contributed by atoms with Crippen molar-refractivity contribution in [1.82, 2.24) is 9.97 Å². The number of aromatic nitrogens is 2. The Balaban J connectivity index is 1.91. The lowest BCUT2D eigenvalue weighted by molar-refractivity contribution is 0.130. The smallest absolute Gasteiger partial charge is 0.319 e. The Hall–Kier alpha value is -1.36. The summed E-state index contributed by atoms with van der Waals surface area (Å²) in [6, 6.07) is 2.38. The minimum atomic E-state index is 0.134. The normalized spacial score (nSPS) is 23.7. The maximum absolute atomic E-state index is 5.93. The second-order valence-corrected chi connectivity index (χ2v) is 4.69. The summed E-state index contributed by atoms with van der Waals surface area (Å²) in [5.41, 5.74) is 5.93. The fourth-order valence-corrected chi connectivity index (χ4v) is 2.11. The average Bonchev–Trinajstić information content (AvgIpc) is 2.37. The van der Waals surface area contributed by atoms with Crippen LogP contribution in [-0.2, 0) is 0 Å². The van der Waals surface area contributed by atoms with Crippen LogP contribution in [0.2, 0.25) is 0 Å². The number of nitrogens with zero attached hydrogens (tertiary/aromatic N) is 2. The largest absolute Gasteiger partial charge is 0.478 e. The van der Waals surface area contributed by atoms with Crippen LogP contribution in [0.1, 0.15) is 39.0 Å². The molecule has 2 rings (SSSR count). The molecule has 0 saturated heterocycles. The van der Waals surface area contributed by atoms with Crippen molar-refractivity contribution in [3.8, 4) is 11.9 Å². The second kappa shape index (κ2) is 6.54. The Bertz CT molecular complexity index is 373. The summed E-state index contributed by atoms with van der Waals surface area (Å²) in [6.45, 7) is 2.72. The van der Waals surface area contributed by atoms with Crippen LogP contribution in [0.4, 0.5) is 0 Å². The third kappa shape index (κ3) is 3.84. The van der Waals surface area contributed by atoms with Gasteiger partial charge in [-0.3, -0.25) is 0 Å². The van der Waals surface area contributed by atoms with Crippen molar-refractivity contribution in [3.05, 3.63) is 12.3 Å². The Morgan fingerprint density at radius 2 is 2.33 bits per heavy atom. The van der Waals surface area contributed by atoms with Crippen molar-refractivity contribution in [3.63, 3.8) is 0 Å². The lowest BCUT2D eigenvalue weighted by atomic mass is 9.94. The third-order valence-electron chi connectivity index (χ3n) is 3.00. The molecule has 100 valence electrons. The van der Waals surface area contributed by atoms with Crippen LogP contribution in [-0.4, -0.2) is 28.7 Å². The minimum Gasteiger partial charge on any atom is -0.478 e. The number of hydrogen-bond donors (Lipinski definition) is 1. The fourth-order valence-electron chi connectivity index (χ4n) is 2.11. The molecule has 5 heteroatoms. The summed E-state index contributed by atoms with van der Waals surface area (Å²) in [6.07, 6.45) is 6.85. The van der Waals surface area contributed by atoms with E-state index in [4.69, 9.17) is 15.2 Å². The fraction of sp³-hybridized carbons (Fsp3) is 0.692. The highest BCUT2D eigenvalue weighted by molar-refractivity contribution is 5.11. The molecule has 2 unspecified atom stereocenters. The van der Waals surface area contributed by atoms with Crippen molar-refractivity contribution < 1.29 is 9.47 Å². The number of rotatable bonds is 5. The Morgan fingerprint density at radius 1 is 1.44 bits per heavy atom. The second-order valence-electron chi connectivity index (χ2n) is 4.69. The highest BCUT2D eigenvalue weighted by atomic mass is 16.5. The van der Waals surface area contributed by atoms with Crippen LogP contribution in [0.3, 0.4) is 0 Å². The number of nitrogens with two attached hydrogens (primary N) is 1. The van der Waals surface area contributed by atoms with E-state index in [1.165, 1.54) is 0 Å². The molecule has 2 N–H and O–H groups in total. The van der Waals surface area contributed by atoms with Gasteiger partial charge in [0.05, 0.1) is 6.61 Å². The van der Waals surface area contributed by atoms with Crippen LogP contribution >= 0.6 is 0 Å². The Labute approximate surface area is 108 Å². The number of ether oxygens (including phenoxy) is 2. The van der Waals surface area contributed by atoms with Gasteiger partial charge in [0.25, 0.3) is 0 Å². The first-order chi connectivity index (χ1) is 8.78. The standard InChI is InChI=1S/C13H21N3O2/c1-2-8-17-12-6-7-15-13(16-12)18-11-5-3-4-10(14)9-11/h6-7,10-11H,2-5,8-9,14H2,1H3. The molecule has 0 bridgehead atoms. The lowest BCUT2D eigenvalue weighted by Crippen LogP contribution is -2.34. The van der Waals surface area contributed by atoms with Crippen molar-refractivity contribution in [2.24, 2.45) is 5.73 Å². The van der Waals surface area contributed by atoms with Gasteiger partial charge in [0.15, 0.2) is 0 Å². The average molecular weight is 251 g/mol. The van der Waals surface area contributed by atoms with E-state index >= 15 is 0 Å². The molecule has 1 aromatic heterocycles. The van der Waals surface area contributed by atoms with E-state index in [2.05, 4.69) is 16.9 Å². The highest BCUT2D eigenvalue weighted by Crippen LogP contribution is 2.21. The molecule has 1 fully saturated rings. The Morgan fingerprint density at radius 3 is 3.11 bits per heavy atom. The maximum atomic E-state index is 5.93. The van der Waals surface area contributed by atoms with Gasteiger partial charge in [0, 0.05) is 18.3 Å². The summed E-state index contributed by atoms with van der Waals surface area (Å²) >= 11 is 0. The van der Waals surface area contributed by atoms with E-state index in [-0.39, 0.29) is 12.1 Å². The molecule has 0 amide bonds. The van der Waals surface area contributed by atoms with Gasteiger partial charge in [0.2, 0.25) is 5.88 Å². The summed E-state index contributed by atoms with van der Waals surface area (Å²) in [5.74, 6) is 0.571. The van der Waals surface area contributed by atoms with Gasteiger partial charge in [-0.15, -0.1) is 0 Å². The summed E-state index contributed by atoms with van der Waals surface area (Å²) in [7, 11) is 0. The van der Waals surface area contributed by atoms with E-state index < -0.39 is 0 Å². The van der Waals surface area contributed by atoms with E-state index in [1.807, 2.05) is 0 Å². The monoisotopic (exact) mass is 251 g/mol. The lowest BCUT2D eigenvalue weighted by Gasteiger charge is -2.26. The third-order valence-corrected chi connectivity index (χ3v) is 3.00. The van der Waals surface area contributed by atoms with Gasteiger partial charge in [-0.2, -0.15) is 4.98 Å². The van der Waals surface area contributed by atoms with Crippen LogP contribution in [0.5, 0.6) is 11.9 Å². The predicted octanol–water partition coefficient (Wildman–Crippen LogP) is 1.91. The van der Waals surface area contributed by atoms with Gasteiger partial charge in [-0.1, -0.05) is 6.92 Å². The van der Waals surface area contributed by atoms with Crippen LogP contribution in [0, 0.1) is 0 Å². The molecule has 5 nitrogen and oxygen atoms in total.